The smallest absolute Gasteiger partial charge is 0.194 e. The van der Waals surface area contributed by atoms with E-state index in [2.05, 4.69) is 55.2 Å². The number of hydrogen-bond donors (Lipinski definition) is 1. The summed E-state index contributed by atoms with van der Waals surface area (Å²) < 4.78 is 0. The molecule has 0 unspecified atom stereocenters. The van der Waals surface area contributed by atoms with E-state index >= 15 is 0 Å². The largest absolute Gasteiger partial charge is 0.512 e. The fraction of sp³-hybridized carbons (Fsp3) is 0.306. The third-order valence-corrected chi connectivity index (χ3v) is 6.84. The zero-order valence-electron chi connectivity index (χ0n) is 24.9. The van der Waals surface area contributed by atoms with Crippen LogP contribution < -0.4 is 0 Å². The van der Waals surface area contributed by atoms with Gasteiger partial charge in [-0.05, 0) is 52.4 Å². The quantitative estimate of drug-likeness (QED) is 0.108. The molecule has 1 heterocycles. The summed E-state index contributed by atoms with van der Waals surface area (Å²) >= 11 is 0. The van der Waals surface area contributed by atoms with Crippen LogP contribution in [0.5, 0.6) is 0 Å². The maximum Gasteiger partial charge on any atom is 0.194 e. The molecule has 0 saturated carbocycles. The number of benzene rings is 3. The van der Waals surface area contributed by atoms with Crippen molar-refractivity contribution in [3.8, 4) is 22.4 Å². The molecule has 5 rings (SSSR count). The van der Waals surface area contributed by atoms with Crippen LogP contribution in [0.2, 0.25) is 0 Å². The first-order chi connectivity index (χ1) is 18.9. The van der Waals surface area contributed by atoms with Gasteiger partial charge in [-0.3, -0.25) is 9.59 Å². The Balaban J connectivity index is 0.000000284. The van der Waals surface area contributed by atoms with Crippen LogP contribution in [0.4, 0.5) is 0 Å². The van der Waals surface area contributed by atoms with Crippen LogP contribution in [0, 0.1) is 38.7 Å². The van der Waals surface area contributed by atoms with Crippen LogP contribution in [-0.2, 0) is 24.9 Å². The number of pyridine rings is 1. The van der Waals surface area contributed by atoms with Crippen molar-refractivity contribution in [2.75, 3.05) is 0 Å². The van der Waals surface area contributed by atoms with Gasteiger partial charge < -0.3 is 10.1 Å². The molecule has 0 spiro atoms. The minimum Gasteiger partial charge on any atom is -0.512 e. The second-order valence-electron chi connectivity index (χ2n) is 11.7. The Morgan fingerprint density at radius 3 is 2.20 bits per heavy atom. The first kappa shape index (κ1) is 32.1. The number of aliphatic hydroxyl groups excluding tert-OH is 1. The van der Waals surface area contributed by atoms with Gasteiger partial charge in [0, 0.05) is 56.3 Å². The zero-order chi connectivity index (χ0) is 29.1. The average Bonchev–Trinajstić information content (AvgIpc) is 3.13. The van der Waals surface area contributed by atoms with Gasteiger partial charge in [0.25, 0.3) is 0 Å². The predicted octanol–water partition coefficient (Wildman–Crippen LogP) is 8.93. The Hall–Kier alpha value is -3.40. The topological polar surface area (TPSA) is 67.3 Å². The Morgan fingerprint density at radius 1 is 0.854 bits per heavy atom. The minimum atomic E-state index is 0. The van der Waals surface area contributed by atoms with Crippen LogP contribution in [0.3, 0.4) is 0 Å². The molecule has 4 aromatic rings. The fourth-order valence-corrected chi connectivity index (χ4v) is 5.30. The molecule has 0 saturated heterocycles. The Labute approximate surface area is 257 Å². The molecule has 41 heavy (non-hydrogen) atoms. The van der Waals surface area contributed by atoms with Crippen molar-refractivity contribution in [1.82, 2.24) is 4.98 Å². The minimum absolute atomic E-state index is 0. The molecule has 1 aromatic heterocycles. The van der Waals surface area contributed by atoms with Gasteiger partial charge in [0.15, 0.2) is 11.6 Å². The van der Waals surface area contributed by atoms with Crippen LogP contribution in [0.1, 0.15) is 73.1 Å². The van der Waals surface area contributed by atoms with Gasteiger partial charge in [0.05, 0.1) is 5.76 Å². The number of allylic oxidation sites excluding steroid dienone is 2. The summed E-state index contributed by atoms with van der Waals surface area (Å²) in [5.41, 5.74) is 8.92. The predicted molar refractivity (Wildman–Crippen MR) is 164 cm³/mol. The number of carbonyl (C=O) groups is 2. The van der Waals surface area contributed by atoms with Crippen molar-refractivity contribution in [3.63, 3.8) is 0 Å². The van der Waals surface area contributed by atoms with Crippen LogP contribution in [0.25, 0.3) is 33.2 Å². The molecule has 215 valence electrons. The van der Waals surface area contributed by atoms with Gasteiger partial charge in [-0.2, -0.15) is 0 Å². The summed E-state index contributed by atoms with van der Waals surface area (Å²) in [6.07, 6.45) is 4.26. The van der Waals surface area contributed by atoms with E-state index in [1.54, 1.807) is 6.20 Å². The van der Waals surface area contributed by atoms with Gasteiger partial charge in [-0.25, -0.2) is 0 Å². The summed E-state index contributed by atoms with van der Waals surface area (Å²) in [5, 5.41) is 11.3. The number of ketones is 2. The number of hydrogen-bond acceptors (Lipinski definition) is 4. The third-order valence-electron chi connectivity index (χ3n) is 6.84. The van der Waals surface area contributed by atoms with Gasteiger partial charge in [0.1, 0.15) is 0 Å². The van der Waals surface area contributed by atoms with Crippen molar-refractivity contribution in [1.29, 1.82) is 0 Å². The number of aliphatic hydroxyl groups is 1. The summed E-state index contributed by atoms with van der Waals surface area (Å²) in [5.74, 6) is 1.08. The molecule has 0 aliphatic heterocycles. The summed E-state index contributed by atoms with van der Waals surface area (Å²) in [4.78, 5) is 29.0. The van der Waals surface area contributed by atoms with Gasteiger partial charge >= 0.3 is 0 Å². The van der Waals surface area contributed by atoms with E-state index in [9.17, 15) is 14.7 Å². The van der Waals surface area contributed by atoms with E-state index < -0.39 is 0 Å². The molecule has 1 aliphatic carbocycles. The number of aromatic nitrogens is 1. The van der Waals surface area contributed by atoms with E-state index in [1.165, 1.54) is 11.6 Å². The Kier molecular flexibility index (Phi) is 10.6. The first-order valence-electron chi connectivity index (χ1n) is 13.9. The fourth-order valence-electron chi connectivity index (χ4n) is 5.30. The molecule has 0 atom stereocenters. The second kappa shape index (κ2) is 13.5. The average molecular weight is 725 g/mol. The molecular weight excluding hydrogens is 687 g/mol. The molecular formula is C36H38IrNO3-. The molecule has 1 N–H and O–H groups in total. The van der Waals surface area contributed by atoms with E-state index in [0.717, 1.165) is 55.4 Å². The molecule has 0 fully saturated rings. The van der Waals surface area contributed by atoms with Crippen molar-refractivity contribution in [2.45, 2.75) is 61.3 Å². The number of aryl methyl sites for hydroxylation is 3. The molecule has 0 amide bonds. The van der Waals surface area contributed by atoms with Gasteiger partial charge in [-0.1, -0.05) is 77.4 Å². The Bertz CT molecular complexity index is 1610. The number of carbonyl (C=O) groups excluding carboxylic acids is 2. The van der Waals surface area contributed by atoms with Gasteiger partial charge in [0.2, 0.25) is 0 Å². The molecule has 1 aliphatic rings. The third kappa shape index (κ3) is 7.47. The standard InChI is InChI=1S/C25H18NO.C11H20O2.Ir/c1-14-4-5-21-22(13-14)18-6-7-20-19(23(18)25(21)27)8-9-26-24(20)17-11-15(2)10-16(3)12-17;1-8(2)5-10(12)7-11(13)6-9(3)4;/h4-11,13H,1-3H3;7-9,12H,5-6H2,1-4H3;/q-1;;/b;10-7-;. The van der Waals surface area contributed by atoms with Crippen molar-refractivity contribution < 1.29 is 34.8 Å². The van der Waals surface area contributed by atoms with Crippen LogP contribution >= 0.6 is 0 Å². The first-order valence-corrected chi connectivity index (χ1v) is 13.9. The number of rotatable bonds is 6. The SMILES string of the molecule is CC(C)CC(=O)/C=C(\O)CC(C)C.Cc1[c-]c(-c2nccc3c4c(ccc23)-c2cc(C)ccc2C4=O)cc(C)c1.[Ir]. The molecule has 5 heteroatoms. The molecule has 3 aromatic carbocycles. The van der Waals surface area contributed by atoms with Crippen molar-refractivity contribution in [2.24, 2.45) is 11.8 Å². The maximum absolute atomic E-state index is 13.1. The monoisotopic (exact) mass is 725 g/mol. The molecule has 1 radical (unpaired) electrons. The van der Waals surface area contributed by atoms with Crippen molar-refractivity contribution in [3.05, 3.63) is 100 Å². The van der Waals surface area contributed by atoms with Crippen molar-refractivity contribution >= 4 is 22.3 Å². The second-order valence-corrected chi connectivity index (χ2v) is 11.7. The van der Waals surface area contributed by atoms with E-state index in [-0.39, 0.29) is 37.4 Å². The summed E-state index contributed by atoms with van der Waals surface area (Å²) in [6, 6.07) is 19.8. The summed E-state index contributed by atoms with van der Waals surface area (Å²) in [6.45, 7) is 14.2. The zero-order valence-corrected chi connectivity index (χ0v) is 27.3. The maximum atomic E-state index is 13.1. The van der Waals surface area contributed by atoms with E-state index in [1.807, 2.05) is 52.8 Å². The van der Waals surface area contributed by atoms with Gasteiger partial charge in [-0.15, -0.1) is 34.9 Å². The van der Waals surface area contributed by atoms with Crippen LogP contribution in [-0.4, -0.2) is 21.7 Å². The molecule has 0 bridgehead atoms. The van der Waals surface area contributed by atoms with E-state index in [0.29, 0.717) is 24.7 Å². The number of fused-ring (bicyclic) bond motifs is 5. The summed E-state index contributed by atoms with van der Waals surface area (Å²) in [7, 11) is 0. The normalized spacial score (nSPS) is 12.1. The van der Waals surface area contributed by atoms with E-state index in [4.69, 9.17) is 0 Å². The molecule has 4 nitrogen and oxygen atoms in total. The number of nitrogens with zero attached hydrogens (tertiary/aromatic N) is 1. The van der Waals surface area contributed by atoms with Crippen LogP contribution in [0.15, 0.2) is 66.6 Å². The Morgan fingerprint density at radius 2 is 1.54 bits per heavy atom.